The summed E-state index contributed by atoms with van der Waals surface area (Å²) in [6.45, 7) is 7.26. The number of aliphatic hydroxyl groups is 1. The lowest BCUT2D eigenvalue weighted by molar-refractivity contribution is -0.689. The molecule has 0 spiro atoms. The molecule has 0 aliphatic carbocycles. The number of hydrogen-bond donors (Lipinski definition) is 2. The average molecular weight is 644 g/mol. The topological polar surface area (TPSA) is 131 Å². The van der Waals surface area contributed by atoms with Gasteiger partial charge in [0.05, 0.1) is 28.9 Å². The molecule has 2 aromatic heterocycles. The Hall–Kier alpha value is -4.83. The number of nitrogens with zero attached hydrogens (tertiary/aromatic N) is 5. The van der Waals surface area contributed by atoms with Gasteiger partial charge in [-0.05, 0) is 67.8 Å². The summed E-state index contributed by atoms with van der Waals surface area (Å²) in [5.74, 6) is -2.41. The van der Waals surface area contributed by atoms with Crippen LogP contribution >= 0.6 is 11.3 Å². The quantitative estimate of drug-likeness (QED) is 0.124. The van der Waals surface area contributed by atoms with Gasteiger partial charge in [-0.15, -0.1) is 16.0 Å². The van der Waals surface area contributed by atoms with Gasteiger partial charge in [-0.1, -0.05) is 25.1 Å². The van der Waals surface area contributed by atoms with Gasteiger partial charge in [0.1, 0.15) is 35.6 Å². The third-order valence-corrected chi connectivity index (χ3v) is 8.84. The molecule has 0 radical (unpaired) electrons. The Balaban J connectivity index is 1.42. The summed E-state index contributed by atoms with van der Waals surface area (Å²) in [7, 11) is 0. The summed E-state index contributed by atoms with van der Waals surface area (Å²) < 4.78 is 38.0. The normalized spacial score (nSPS) is 13.9. The number of nitrogens with two attached hydrogens (primary N) is 1. The van der Waals surface area contributed by atoms with Crippen molar-refractivity contribution in [3.8, 4) is 23.1 Å². The fraction of sp³-hybridized carbons (Fsp3) is 0.265. The van der Waals surface area contributed by atoms with Crippen molar-refractivity contribution in [1.29, 1.82) is 5.26 Å². The molecule has 0 aliphatic rings. The second-order valence-electron chi connectivity index (χ2n) is 11.4. The number of ether oxygens (including phenoxy) is 1. The summed E-state index contributed by atoms with van der Waals surface area (Å²) in [6.07, 6.45) is 3.28. The molecule has 3 aromatic carbocycles. The zero-order valence-corrected chi connectivity index (χ0v) is 26.6. The lowest BCUT2D eigenvalue weighted by atomic mass is 9.82. The molecule has 12 heteroatoms. The number of benzene rings is 3. The van der Waals surface area contributed by atoms with Crippen molar-refractivity contribution in [3.05, 3.63) is 117 Å². The van der Waals surface area contributed by atoms with Gasteiger partial charge in [-0.3, -0.25) is 0 Å². The molecule has 2 heterocycles. The van der Waals surface area contributed by atoms with E-state index in [9.17, 15) is 14.3 Å². The van der Waals surface area contributed by atoms with Gasteiger partial charge in [-0.25, -0.2) is 23.1 Å². The molecular formula is C34H33F2N6O3S+. The third kappa shape index (κ3) is 6.87. The highest BCUT2D eigenvalue weighted by Crippen LogP contribution is 2.41. The standard InChI is InChI=1S/C34H33F2N6O3S/c1-20-11-25(12-21(2)31(20)45-33(43)23(4)38)15-41-18-39-42(19-41)17-34(44,28-10-9-27(35)13-29(28)36)22(3)32-40-30(16-46-32)26-7-5-24(14-37)6-8-26/h5-13,16,18-19,22-23,44H,15,17,38H2,1-4H3/q+1. The predicted molar refractivity (Wildman–Crippen MR) is 168 cm³/mol. The number of nitriles is 1. The first-order valence-electron chi connectivity index (χ1n) is 14.5. The smallest absolute Gasteiger partial charge is 0.328 e. The largest absolute Gasteiger partial charge is 0.425 e. The van der Waals surface area contributed by atoms with E-state index in [2.05, 4.69) is 11.2 Å². The van der Waals surface area contributed by atoms with Crippen LogP contribution in [-0.4, -0.2) is 31.9 Å². The fourth-order valence-electron chi connectivity index (χ4n) is 5.31. The first kappa shape index (κ1) is 32.6. The van der Waals surface area contributed by atoms with Crippen molar-refractivity contribution in [2.75, 3.05) is 0 Å². The summed E-state index contributed by atoms with van der Waals surface area (Å²) in [6, 6.07) is 15.2. The van der Waals surface area contributed by atoms with E-state index in [1.807, 2.05) is 31.4 Å². The van der Waals surface area contributed by atoms with Crippen LogP contribution in [0, 0.1) is 36.8 Å². The van der Waals surface area contributed by atoms with Crippen LogP contribution in [-0.2, 0) is 23.5 Å². The maximum atomic E-state index is 15.3. The maximum absolute atomic E-state index is 15.3. The van der Waals surface area contributed by atoms with E-state index in [-0.39, 0.29) is 12.1 Å². The Labute approximate surface area is 269 Å². The van der Waals surface area contributed by atoms with E-state index in [0.717, 1.165) is 34.4 Å². The lowest BCUT2D eigenvalue weighted by Crippen LogP contribution is -2.39. The van der Waals surface area contributed by atoms with Crippen LogP contribution in [0.4, 0.5) is 8.78 Å². The number of aromatic nitrogens is 4. The maximum Gasteiger partial charge on any atom is 0.328 e. The number of rotatable bonds is 10. The molecular weight excluding hydrogens is 610 g/mol. The number of carbonyl (C=O) groups excluding carboxylic acids is 1. The van der Waals surface area contributed by atoms with Crippen LogP contribution < -0.4 is 15.0 Å². The predicted octanol–water partition coefficient (Wildman–Crippen LogP) is 5.05. The average Bonchev–Trinajstić information content (AvgIpc) is 3.68. The lowest BCUT2D eigenvalue weighted by Gasteiger charge is -2.32. The minimum atomic E-state index is -1.86. The molecule has 9 nitrogen and oxygen atoms in total. The van der Waals surface area contributed by atoms with Gasteiger partial charge in [-0.2, -0.15) is 5.26 Å². The minimum Gasteiger partial charge on any atom is -0.425 e. The molecule has 5 rings (SSSR count). The van der Waals surface area contributed by atoms with E-state index in [4.69, 9.17) is 20.7 Å². The minimum absolute atomic E-state index is 0.0817. The van der Waals surface area contributed by atoms with Crippen molar-refractivity contribution >= 4 is 17.3 Å². The molecule has 0 saturated heterocycles. The number of aryl methyl sites for hydroxylation is 2. The van der Waals surface area contributed by atoms with Gasteiger partial charge >= 0.3 is 5.97 Å². The molecule has 0 bridgehead atoms. The third-order valence-electron chi connectivity index (χ3n) is 7.81. The number of thiazole rings is 1. The zero-order chi connectivity index (χ0) is 33.2. The van der Waals surface area contributed by atoms with E-state index >= 15 is 4.39 Å². The first-order valence-corrected chi connectivity index (χ1v) is 15.4. The zero-order valence-electron chi connectivity index (χ0n) is 25.7. The van der Waals surface area contributed by atoms with Crippen molar-refractivity contribution in [1.82, 2.24) is 14.8 Å². The highest BCUT2D eigenvalue weighted by molar-refractivity contribution is 7.10. The van der Waals surface area contributed by atoms with Gasteiger partial charge in [0, 0.05) is 33.6 Å². The van der Waals surface area contributed by atoms with Gasteiger partial charge in [0.2, 0.25) is 6.33 Å². The van der Waals surface area contributed by atoms with Crippen molar-refractivity contribution in [3.63, 3.8) is 0 Å². The van der Waals surface area contributed by atoms with Crippen molar-refractivity contribution < 1.29 is 28.0 Å². The highest BCUT2D eigenvalue weighted by Gasteiger charge is 2.43. The summed E-state index contributed by atoms with van der Waals surface area (Å²) in [5.41, 5.74) is 8.14. The van der Waals surface area contributed by atoms with E-state index < -0.39 is 35.2 Å². The summed E-state index contributed by atoms with van der Waals surface area (Å²) in [4.78, 5) is 16.8. The Morgan fingerprint density at radius 2 is 1.85 bits per heavy atom. The van der Waals surface area contributed by atoms with Crippen molar-refractivity contribution in [2.45, 2.75) is 58.3 Å². The molecule has 3 atom stereocenters. The second-order valence-corrected chi connectivity index (χ2v) is 12.3. The highest BCUT2D eigenvalue weighted by atomic mass is 32.1. The SMILES string of the molecule is Cc1cc(C[n+]2cnn(CC(O)(c3ccc(F)cc3F)C(C)c3nc(-c4ccc(C#N)cc4)cs3)c2)cc(C)c1OC(=O)C(C)N. The summed E-state index contributed by atoms with van der Waals surface area (Å²) >= 11 is 1.31. The van der Waals surface area contributed by atoms with Crippen LogP contribution in [0.25, 0.3) is 11.3 Å². The van der Waals surface area contributed by atoms with Crippen LogP contribution in [0.3, 0.4) is 0 Å². The number of esters is 1. The Morgan fingerprint density at radius 1 is 1.15 bits per heavy atom. The molecule has 236 valence electrons. The number of hydrogen-bond acceptors (Lipinski definition) is 8. The number of carbonyl (C=O) groups is 1. The molecule has 5 aromatic rings. The molecule has 3 N–H and O–H groups in total. The van der Waals surface area contributed by atoms with E-state index in [0.29, 0.717) is 28.6 Å². The molecule has 0 saturated carbocycles. The molecule has 46 heavy (non-hydrogen) atoms. The van der Waals surface area contributed by atoms with Crippen molar-refractivity contribution in [2.24, 2.45) is 5.73 Å². The Bertz CT molecular complexity index is 1910. The Kier molecular flexibility index (Phi) is 9.39. The van der Waals surface area contributed by atoms with Gasteiger partial charge in [0.15, 0.2) is 0 Å². The fourth-order valence-corrected chi connectivity index (χ4v) is 6.28. The van der Waals surface area contributed by atoms with Crippen LogP contribution in [0.5, 0.6) is 5.75 Å². The molecule has 3 unspecified atom stereocenters. The molecule has 0 amide bonds. The van der Waals surface area contributed by atoms with Crippen LogP contribution in [0.2, 0.25) is 0 Å². The van der Waals surface area contributed by atoms with Crippen LogP contribution in [0.15, 0.2) is 72.6 Å². The second kappa shape index (κ2) is 13.3. The molecule has 0 aliphatic heterocycles. The number of halogens is 2. The molecule has 0 fully saturated rings. The monoisotopic (exact) mass is 643 g/mol. The van der Waals surface area contributed by atoms with E-state index in [1.54, 1.807) is 55.3 Å². The van der Waals surface area contributed by atoms with Gasteiger partial charge in [0.25, 0.3) is 6.33 Å². The first-order chi connectivity index (χ1) is 21.9. The summed E-state index contributed by atoms with van der Waals surface area (Å²) in [5, 5.41) is 28.2. The van der Waals surface area contributed by atoms with Gasteiger partial charge < -0.3 is 15.6 Å². The van der Waals surface area contributed by atoms with E-state index in [1.165, 1.54) is 22.1 Å². The van der Waals surface area contributed by atoms with Crippen LogP contribution in [0.1, 0.15) is 52.6 Å². The Morgan fingerprint density at radius 3 is 2.48 bits per heavy atom.